The molecule has 1 aromatic carbocycles. The van der Waals surface area contributed by atoms with E-state index in [1.54, 1.807) is 29.9 Å². The zero-order chi connectivity index (χ0) is 15.8. The van der Waals surface area contributed by atoms with Crippen LogP contribution in [0.3, 0.4) is 0 Å². The Morgan fingerprint density at radius 2 is 1.71 bits per heavy atom. The topological polar surface area (TPSA) is 62.3 Å². The highest BCUT2D eigenvalue weighted by Crippen LogP contribution is 2.41. The number of methoxy groups -OCH3 is 2. The van der Waals surface area contributed by atoms with E-state index in [0.29, 0.717) is 34.1 Å². The Bertz CT molecular complexity index is 640. The van der Waals surface area contributed by atoms with Gasteiger partial charge in [0.25, 0.3) is 0 Å². The number of hydrogen-bond donors (Lipinski definition) is 1. The van der Waals surface area contributed by atoms with Crippen molar-refractivity contribution >= 4 is 5.82 Å². The summed E-state index contributed by atoms with van der Waals surface area (Å²) in [4.78, 5) is 0. The number of nitrogens with two attached hydrogens (primary N) is 1. The molecule has 5 nitrogen and oxygen atoms in total. The van der Waals surface area contributed by atoms with Crippen LogP contribution in [0.1, 0.15) is 19.4 Å². The van der Waals surface area contributed by atoms with Crippen LogP contribution in [0.5, 0.6) is 11.5 Å². The molecule has 0 aliphatic rings. The zero-order valence-corrected chi connectivity index (χ0v) is 12.9. The maximum Gasteiger partial charge on any atom is 0.161 e. The van der Waals surface area contributed by atoms with E-state index in [1.807, 2.05) is 0 Å². The lowest BCUT2D eigenvalue weighted by Gasteiger charge is -2.21. The highest BCUT2D eigenvalue weighted by atomic mass is 19.1. The average Bonchev–Trinajstić information content (AvgIpc) is 2.76. The highest BCUT2D eigenvalue weighted by Gasteiger charge is 2.27. The van der Waals surface area contributed by atoms with Crippen LogP contribution in [0.25, 0.3) is 11.3 Å². The fraction of sp³-hybridized carbons (Fsp3) is 0.400. The largest absolute Gasteiger partial charge is 0.493 e. The van der Waals surface area contributed by atoms with Crippen LogP contribution in [-0.4, -0.2) is 24.0 Å². The van der Waals surface area contributed by atoms with Crippen molar-refractivity contribution in [3.63, 3.8) is 0 Å². The standard InChI is InChI=1S/C15H20FN3O2/c1-15(2,16)10-7-13(21-5)12(20-4)6-9(10)11-8-14(17)19(3)18-11/h6-8H,17H2,1-5H3. The van der Waals surface area contributed by atoms with Gasteiger partial charge in [-0.1, -0.05) is 0 Å². The maximum absolute atomic E-state index is 14.6. The van der Waals surface area contributed by atoms with Crippen molar-refractivity contribution < 1.29 is 13.9 Å². The van der Waals surface area contributed by atoms with E-state index < -0.39 is 5.67 Å². The summed E-state index contributed by atoms with van der Waals surface area (Å²) >= 11 is 0. The van der Waals surface area contributed by atoms with Gasteiger partial charge in [-0.3, -0.25) is 4.68 Å². The van der Waals surface area contributed by atoms with E-state index in [9.17, 15) is 4.39 Å². The van der Waals surface area contributed by atoms with Gasteiger partial charge in [0.2, 0.25) is 0 Å². The molecule has 2 aromatic rings. The van der Waals surface area contributed by atoms with Crippen molar-refractivity contribution in [2.24, 2.45) is 7.05 Å². The number of ether oxygens (including phenoxy) is 2. The third-order valence-corrected chi connectivity index (χ3v) is 3.36. The van der Waals surface area contributed by atoms with E-state index in [0.717, 1.165) is 0 Å². The van der Waals surface area contributed by atoms with Gasteiger partial charge in [-0.15, -0.1) is 0 Å². The van der Waals surface area contributed by atoms with Crippen molar-refractivity contribution in [3.05, 3.63) is 23.8 Å². The molecule has 1 heterocycles. The molecular formula is C15H20FN3O2. The molecule has 0 amide bonds. The monoisotopic (exact) mass is 293 g/mol. The molecular weight excluding hydrogens is 273 g/mol. The Balaban J connectivity index is 2.73. The van der Waals surface area contributed by atoms with Gasteiger partial charge in [0.05, 0.1) is 19.9 Å². The summed E-state index contributed by atoms with van der Waals surface area (Å²) in [5.74, 6) is 1.50. The molecule has 1 aromatic heterocycles. The second kappa shape index (κ2) is 5.27. The first-order valence-electron chi connectivity index (χ1n) is 6.53. The molecule has 114 valence electrons. The minimum atomic E-state index is -1.55. The van der Waals surface area contributed by atoms with Crippen LogP contribution in [0, 0.1) is 0 Å². The van der Waals surface area contributed by atoms with E-state index in [-0.39, 0.29) is 0 Å². The molecule has 2 N–H and O–H groups in total. The smallest absolute Gasteiger partial charge is 0.161 e. The molecule has 2 rings (SSSR count). The molecule has 0 fully saturated rings. The van der Waals surface area contributed by atoms with Crippen LogP contribution in [0.15, 0.2) is 18.2 Å². The van der Waals surface area contributed by atoms with Gasteiger partial charge in [-0.05, 0) is 26.0 Å². The molecule has 0 atom stereocenters. The fourth-order valence-corrected chi connectivity index (χ4v) is 2.20. The summed E-state index contributed by atoms with van der Waals surface area (Å²) in [6, 6.07) is 5.06. The van der Waals surface area contributed by atoms with Gasteiger partial charge in [0, 0.05) is 24.2 Å². The first-order valence-corrected chi connectivity index (χ1v) is 6.53. The molecule has 0 aliphatic heterocycles. The molecule has 0 unspecified atom stereocenters. The Labute approximate surface area is 123 Å². The minimum absolute atomic E-state index is 0.471. The SMILES string of the molecule is COc1cc(-c2cc(N)n(C)n2)c(C(C)(C)F)cc1OC. The van der Waals surface area contributed by atoms with Gasteiger partial charge >= 0.3 is 0 Å². The Kier molecular flexibility index (Phi) is 3.80. The summed E-state index contributed by atoms with van der Waals surface area (Å²) in [6.45, 7) is 2.98. The molecule has 6 heteroatoms. The lowest BCUT2D eigenvalue weighted by Crippen LogP contribution is -2.12. The second-order valence-corrected chi connectivity index (χ2v) is 5.30. The summed E-state index contributed by atoms with van der Waals surface area (Å²) in [7, 11) is 4.79. The molecule has 0 saturated carbocycles. The number of rotatable bonds is 4. The maximum atomic E-state index is 14.6. The van der Waals surface area contributed by atoms with E-state index in [2.05, 4.69) is 5.10 Å². The summed E-state index contributed by atoms with van der Waals surface area (Å²) in [5, 5.41) is 4.31. The van der Waals surface area contributed by atoms with Crippen LogP contribution in [0.4, 0.5) is 10.2 Å². The van der Waals surface area contributed by atoms with Crippen molar-refractivity contribution in [1.82, 2.24) is 9.78 Å². The molecule has 0 saturated heterocycles. The van der Waals surface area contributed by atoms with E-state index in [1.165, 1.54) is 28.1 Å². The summed E-state index contributed by atoms with van der Waals surface area (Å²) in [6.07, 6.45) is 0. The van der Waals surface area contributed by atoms with Gasteiger partial charge in [0.1, 0.15) is 11.5 Å². The fourth-order valence-electron chi connectivity index (χ4n) is 2.20. The normalized spacial score (nSPS) is 11.5. The molecule has 0 radical (unpaired) electrons. The van der Waals surface area contributed by atoms with Gasteiger partial charge < -0.3 is 15.2 Å². The van der Waals surface area contributed by atoms with Gasteiger partial charge in [0.15, 0.2) is 11.5 Å². The number of aromatic nitrogens is 2. The predicted molar refractivity (Wildman–Crippen MR) is 80.3 cm³/mol. The number of aryl methyl sites for hydroxylation is 1. The van der Waals surface area contributed by atoms with Crippen molar-refractivity contribution in [3.8, 4) is 22.8 Å². The van der Waals surface area contributed by atoms with Gasteiger partial charge in [-0.25, -0.2) is 4.39 Å². The van der Waals surface area contributed by atoms with Crippen LogP contribution < -0.4 is 15.2 Å². The Morgan fingerprint density at radius 1 is 1.14 bits per heavy atom. The lowest BCUT2D eigenvalue weighted by molar-refractivity contribution is 0.221. The minimum Gasteiger partial charge on any atom is -0.493 e. The Morgan fingerprint density at radius 3 is 2.14 bits per heavy atom. The molecule has 0 spiro atoms. The Hall–Kier alpha value is -2.24. The predicted octanol–water partition coefficient (Wildman–Crippen LogP) is 2.89. The first kappa shape index (κ1) is 15.2. The molecule has 0 bridgehead atoms. The van der Waals surface area contributed by atoms with Gasteiger partial charge in [-0.2, -0.15) is 5.10 Å². The second-order valence-electron chi connectivity index (χ2n) is 5.30. The average molecular weight is 293 g/mol. The highest BCUT2D eigenvalue weighted by molar-refractivity contribution is 5.71. The third kappa shape index (κ3) is 2.79. The van der Waals surface area contributed by atoms with Crippen molar-refractivity contribution in [2.75, 3.05) is 20.0 Å². The first-order chi connectivity index (χ1) is 9.77. The number of anilines is 1. The summed E-state index contributed by atoms with van der Waals surface area (Å²) < 4.78 is 26.6. The van der Waals surface area contributed by atoms with Crippen molar-refractivity contribution in [1.29, 1.82) is 0 Å². The molecule has 0 aliphatic carbocycles. The summed E-state index contributed by atoms with van der Waals surface area (Å²) in [5.41, 5.74) is 5.96. The van der Waals surface area contributed by atoms with Crippen LogP contribution in [-0.2, 0) is 12.7 Å². The number of hydrogen-bond acceptors (Lipinski definition) is 4. The number of halogens is 1. The number of benzene rings is 1. The van der Waals surface area contributed by atoms with Crippen LogP contribution >= 0.6 is 0 Å². The quantitative estimate of drug-likeness (QED) is 0.941. The van der Waals surface area contributed by atoms with E-state index >= 15 is 0 Å². The number of alkyl halides is 1. The van der Waals surface area contributed by atoms with Crippen LogP contribution in [0.2, 0.25) is 0 Å². The number of nitrogens with zero attached hydrogens (tertiary/aromatic N) is 2. The lowest BCUT2D eigenvalue weighted by atomic mass is 9.92. The molecule has 21 heavy (non-hydrogen) atoms. The third-order valence-electron chi connectivity index (χ3n) is 3.36. The zero-order valence-electron chi connectivity index (χ0n) is 12.9. The number of nitrogen functional groups attached to an aromatic ring is 1. The van der Waals surface area contributed by atoms with E-state index in [4.69, 9.17) is 15.2 Å². The van der Waals surface area contributed by atoms with Crippen molar-refractivity contribution in [2.45, 2.75) is 19.5 Å².